The van der Waals surface area contributed by atoms with Crippen molar-refractivity contribution in [2.24, 2.45) is 5.41 Å². The molecule has 2 aromatic carbocycles. The minimum absolute atomic E-state index is 0.366. The van der Waals surface area contributed by atoms with Gasteiger partial charge in [0.1, 0.15) is 17.5 Å². The molecule has 0 saturated carbocycles. The van der Waals surface area contributed by atoms with Gasteiger partial charge in [-0.15, -0.1) is 0 Å². The lowest BCUT2D eigenvalue weighted by atomic mass is 9.66. The standard InChI is InChI=1S/C21H25N3O4/c1-13-9-5-7-11-15(13)17-19(23(25)26)21(3,4)20(24(27)28)18(22-17)16-12-8-6-10-14(16)2/h5-12,17-20,22H,1-4H3/t17-,18+,19-,20+. The van der Waals surface area contributed by atoms with Crippen LogP contribution in [0.15, 0.2) is 48.5 Å². The van der Waals surface area contributed by atoms with Gasteiger partial charge in [0.15, 0.2) is 0 Å². The molecule has 1 heterocycles. The van der Waals surface area contributed by atoms with Gasteiger partial charge in [-0.1, -0.05) is 48.5 Å². The lowest BCUT2D eigenvalue weighted by Crippen LogP contribution is -2.63. The molecule has 4 atom stereocenters. The lowest BCUT2D eigenvalue weighted by Gasteiger charge is -2.45. The van der Waals surface area contributed by atoms with E-state index in [1.807, 2.05) is 62.4 Å². The van der Waals surface area contributed by atoms with Crippen LogP contribution in [0.4, 0.5) is 0 Å². The molecule has 0 amide bonds. The number of rotatable bonds is 4. The van der Waals surface area contributed by atoms with Gasteiger partial charge in [-0.2, -0.15) is 0 Å². The first-order valence-corrected chi connectivity index (χ1v) is 9.30. The van der Waals surface area contributed by atoms with Crippen LogP contribution in [0.5, 0.6) is 0 Å². The van der Waals surface area contributed by atoms with E-state index in [1.54, 1.807) is 13.8 Å². The van der Waals surface area contributed by atoms with Crippen LogP contribution in [0, 0.1) is 39.5 Å². The molecule has 0 aliphatic carbocycles. The van der Waals surface area contributed by atoms with Gasteiger partial charge in [0, 0.05) is 9.85 Å². The highest BCUT2D eigenvalue weighted by atomic mass is 16.6. The molecule has 148 valence electrons. The topological polar surface area (TPSA) is 98.3 Å². The zero-order chi connectivity index (χ0) is 20.6. The van der Waals surface area contributed by atoms with Crippen LogP contribution in [0.3, 0.4) is 0 Å². The molecule has 3 rings (SSSR count). The summed E-state index contributed by atoms with van der Waals surface area (Å²) in [5.74, 6) is 0. The molecule has 1 aliphatic rings. The van der Waals surface area contributed by atoms with Crippen molar-refractivity contribution in [1.82, 2.24) is 5.32 Å². The maximum Gasteiger partial charge on any atom is 0.243 e. The number of nitrogens with zero attached hydrogens (tertiary/aromatic N) is 2. The van der Waals surface area contributed by atoms with Crippen molar-refractivity contribution in [3.05, 3.63) is 91.0 Å². The van der Waals surface area contributed by atoms with Gasteiger partial charge in [-0.25, -0.2) is 0 Å². The summed E-state index contributed by atoms with van der Waals surface area (Å²) in [5.41, 5.74) is 2.28. The van der Waals surface area contributed by atoms with Crippen molar-refractivity contribution >= 4 is 0 Å². The summed E-state index contributed by atoms with van der Waals surface area (Å²) in [6.45, 7) is 7.10. The highest BCUT2D eigenvalue weighted by Crippen LogP contribution is 2.47. The molecule has 0 unspecified atom stereocenters. The predicted octanol–water partition coefficient (Wildman–Crippen LogP) is 4.01. The number of hydrogen-bond acceptors (Lipinski definition) is 5. The highest BCUT2D eigenvalue weighted by Gasteiger charge is 2.63. The van der Waals surface area contributed by atoms with E-state index < -0.39 is 29.6 Å². The highest BCUT2D eigenvalue weighted by molar-refractivity contribution is 5.35. The van der Waals surface area contributed by atoms with Crippen LogP contribution in [0.25, 0.3) is 0 Å². The monoisotopic (exact) mass is 383 g/mol. The van der Waals surface area contributed by atoms with Crippen molar-refractivity contribution in [3.63, 3.8) is 0 Å². The zero-order valence-corrected chi connectivity index (χ0v) is 16.5. The summed E-state index contributed by atoms with van der Waals surface area (Å²) in [7, 11) is 0. The van der Waals surface area contributed by atoms with Crippen LogP contribution in [-0.2, 0) is 0 Å². The molecule has 0 spiro atoms. The summed E-state index contributed by atoms with van der Waals surface area (Å²) in [6, 6.07) is 11.5. The molecule has 1 saturated heterocycles. The summed E-state index contributed by atoms with van der Waals surface area (Å²) < 4.78 is 0. The van der Waals surface area contributed by atoms with Gasteiger partial charge in [0.05, 0.1) is 0 Å². The first-order chi connectivity index (χ1) is 13.2. The molecule has 2 aromatic rings. The first kappa shape index (κ1) is 19.9. The van der Waals surface area contributed by atoms with E-state index in [-0.39, 0.29) is 9.85 Å². The smallest absolute Gasteiger partial charge is 0.243 e. The third-order valence-corrected chi connectivity index (χ3v) is 6.02. The molecule has 0 bridgehead atoms. The second-order valence-electron chi connectivity index (χ2n) is 8.12. The first-order valence-electron chi connectivity index (χ1n) is 9.30. The number of hydrogen-bond donors (Lipinski definition) is 1. The van der Waals surface area contributed by atoms with Gasteiger partial charge in [0.2, 0.25) is 12.1 Å². The minimum Gasteiger partial charge on any atom is -0.291 e. The largest absolute Gasteiger partial charge is 0.291 e. The Morgan fingerprint density at radius 2 is 1.14 bits per heavy atom. The van der Waals surface area contributed by atoms with Gasteiger partial charge < -0.3 is 0 Å². The van der Waals surface area contributed by atoms with E-state index >= 15 is 0 Å². The fraction of sp³-hybridized carbons (Fsp3) is 0.429. The molecule has 0 radical (unpaired) electrons. The van der Waals surface area contributed by atoms with Crippen LogP contribution < -0.4 is 5.32 Å². The maximum atomic E-state index is 12.1. The number of piperidine rings is 1. The van der Waals surface area contributed by atoms with Crippen molar-refractivity contribution in [2.75, 3.05) is 0 Å². The summed E-state index contributed by atoms with van der Waals surface area (Å²) in [4.78, 5) is 23.4. The van der Waals surface area contributed by atoms with Crippen LogP contribution in [0.1, 0.15) is 48.2 Å². The Bertz CT molecular complexity index is 841. The molecular weight excluding hydrogens is 358 g/mol. The Morgan fingerprint density at radius 1 is 0.786 bits per heavy atom. The third-order valence-electron chi connectivity index (χ3n) is 6.02. The Morgan fingerprint density at radius 3 is 1.46 bits per heavy atom. The van der Waals surface area contributed by atoms with Gasteiger partial charge in [-0.05, 0) is 49.9 Å². The number of nitrogens with one attached hydrogen (secondary N) is 1. The fourth-order valence-electron chi connectivity index (χ4n) is 4.59. The average Bonchev–Trinajstić information content (AvgIpc) is 2.60. The van der Waals surface area contributed by atoms with Gasteiger partial charge in [-0.3, -0.25) is 25.5 Å². The second-order valence-corrected chi connectivity index (χ2v) is 8.12. The molecule has 7 nitrogen and oxygen atoms in total. The van der Waals surface area contributed by atoms with Crippen molar-refractivity contribution < 1.29 is 9.85 Å². The number of aryl methyl sites for hydroxylation is 2. The SMILES string of the molecule is Cc1ccccc1[C@H]1N[C@@H](c2ccccc2C)[C@H]([N+](=O)[O-])C(C)(C)[C@@H]1[N+](=O)[O-]. The van der Waals surface area contributed by atoms with E-state index in [2.05, 4.69) is 5.32 Å². The van der Waals surface area contributed by atoms with Crippen molar-refractivity contribution in [1.29, 1.82) is 0 Å². The van der Waals surface area contributed by atoms with Crippen molar-refractivity contribution in [3.8, 4) is 0 Å². The molecule has 1 fully saturated rings. The molecule has 1 N–H and O–H groups in total. The average molecular weight is 383 g/mol. The quantitative estimate of drug-likeness (QED) is 0.635. The minimum atomic E-state index is -1.17. The van der Waals surface area contributed by atoms with Crippen LogP contribution in [0.2, 0.25) is 0 Å². The zero-order valence-electron chi connectivity index (χ0n) is 16.5. The lowest BCUT2D eigenvalue weighted by molar-refractivity contribution is -0.605. The molecule has 28 heavy (non-hydrogen) atoms. The predicted molar refractivity (Wildman–Crippen MR) is 106 cm³/mol. The number of benzene rings is 2. The molecule has 0 aromatic heterocycles. The van der Waals surface area contributed by atoms with Crippen molar-refractivity contribution in [2.45, 2.75) is 51.9 Å². The van der Waals surface area contributed by atoms with E-state index in [9.17, 15) is 20.2 Å². The normalized spacial score (nSPS) is 26.6. The summed E-state index contributed by atoms with van der Waals surface area (Å²) in [6.07, 6.45) is 0. The Hall–Kier alpha value is -2.80. The van der Waals surface area contributed by atoms with Gasteiger partial charge >= 0.3 is 0 Å². The van der Waals surface area contributed by atoms with E-state index in [1.165, 1.54) is 0 Å². The summed E-state index contributed by atoms with van der Waals surface area (Å²) >= 11 is 0. The fourth-order valence-corrected chi connectivity index (χ4v) is 4.59. The second kappa shape index (κ2) is 7.31. The van der Waals surface area contributed by atoms with E-state index in [0.29, 0.717) is 0 Å². The third kappa shape index (κ3) is 3.26. The maximum absolute atomic E-state index is 12.1. The van der Waals surface area contributed by atoms with E-state index in [0.717, 1.165) is 22.3 Å². The molecule has 1 aliphatic heterocycles. The van der Waals surface area contributed by atoms with E-state index in [4.69, 9.17) is 0 Å². The van der Waals surface area contributed by atoms with Crippen LogP contribution in [-0.4, -0.2) is 21.9 Å². The summed E-state index contributed by atoms with van der Waals surface area (Å²) in [5, 5.41) is 27.5. The van der Waals surface area contributed by atoms with Crippen LogP contribution >= 0.6 is 0 Å². The Kier molecular flexibility index (Phi) is 5.21. The molecular formula is C21H25N3O4. The number of nitro groups is 2. The van der Waals surface area contributed by atoms with Gasteiger partial charge in [0.25, 0.3) is 0 Å². The Labute approximate surface area is 164 Å². The molecule has 7 heteroatoms. The Balaban J connectivity index is 2.21.